The van der Waals surface area contributed by atoms with E-state index in [-0.39, 0.29) is 31.6 Å². The smallest absolute Gasteiger partial charge is 0.248 e. The summed E-state index contributed by atoms with van der Waals surface area (Å²) in [5, 5.41) is 4.11. The molecule has 0 radical (unpaired) electrons. The molecule has 3 aromatic rings. The number of hydrogen-bond donors (Lipinski definition) is 1. The van der Waals surface area contributed by atoms with Gasteiger partial charge in [-0.15, -0.1) is 11.3 Å². The lowest BCUT2D eigenvalue weighted by Gasteiger charge is -2.16. The van der Waals surface area contributed by atoms with Gasteiger partial charge in [0.05, 0.1) is 23.4 Å². The molecule has 1 N–H and O–H groups in total. The predicted molar refractivity (Wildman–Crippen MR) is 107 cm³/mol. The van der Waals surface area contributed by atoms with Crippen LogP contribution in [0, 0.1) is 0 Å². The maximum atomic E-state index is 12.1. The van der Waals surface area contributed by atoms with Crippen molar-refractivity contribution in [3.63, 3.8) is 0 Å². The molecule has 0 spiro atoms. The highest BCUT2D eigenvalue weighted by Gasteiger charge is 2.14. The minimum Gasteiger partial charge on any atom is -0.364 e. The molecule has 0 saturated heterocycles. The maximum Gasteiger partial charge on any atom is 0.248 e. The summed E-state index contributed by atoms with van der Waals surface area (Å²) in [6, 6.07) is 14.6. The van der Waals surface area contributed by atoms with Crippen molar-refractivity contribution in [1.82, 2.24) is 9.88 Å². The van der Waals surface area contributed by atoms with Crippen molar-refractivity contribution in [3.05, 3.63) is 58.6 Å². The van der Waals surface area contributed by atoms with Crippen molar-refractivity contribution < 1.29 is 14.3 Å². The summed E-state index contributed by atoms with van der Waals surface area (Å²) in [4.78, 5) is 29.9. The molecule has 0 saturated carbocycles. The van der Waals surface area contributed by atoms with Gasteiger partial charge in [0, 0.05) is 17.8 Å². The van der Waals surface area contributed by atoms with Crippen molar-refractivity contribution >= 4 is 50.7 Å². The first-order chi connectivity index (χ1) is 13.0. The second kappa shape index (κ2) is 8.94. The van der Waals surface area contributed by atoms with Crippen LogP contribution in [0.3, 0.4) is 0 Å². The van der Waals surface area contributed by atoms with Gasteiger partial charge in [-0.1, -0.05) is 23.7 Å². The number of likely N-dealkylation sites (N-methyl/N-ethyl adjacent to an activating group) is 1. The Morgan fingerprint density at radius 3 is 2.67 bits per heavy atom. The number of para-hydroxylation sites is 1. The van der Waals surface area contributed by atoms with E-state index < -0.39 is 0 Å². The summed E-state index contributed by atoms with van der Waals surface area (Å²) >= 11 is 7.34. The fourth-order valence-electron chi connectivity index (χ4n) is 2.35. The highest BCUT2D eigenvalue weighted by molar-refractivity contribution is 7.18. The van der Waals surface area contributed by atoms with Gasteiger partial charge in [0.2, 0.25) is 11.8 Å². The Labute approximate surface area is 165 Å². The molecule has 27 heavy (non-hydrogen) atoms. The number of rotatable bonds is 7. The van der Waals surface area contributed by atoms with Crippen LogP contribution in [0.5, 0.6) is 0 Å². The first-order valence-corrected chi connectivity index (χ1v) is 9.42. The molecule has 0 unspecified atom stereocenters. The largest absolute Gasteiger partial charge is 0.364 e. The number of aromatic nitrogens is 1. The second-order valence-electron chi connectivity index (χ2n) is 5.87. The minimum absolute atomic E-state index is 0.0635. The van der Waals surface area contributed by atoms with E-state index in [1.54, 1.807) is 31.3 Å². The highest BCUT2D eigenvalue weighted by Crippen LogP contribution is 2.21. The number of halogens is 1. The van der Waals surface area contributed by atoms with Gasteiger partial charge in [0.25, 0.3) is 0 Å². The van der Waals surface area contributed by atoms with Gasteiger partial charge < -0.3 is 15.0 Å². The van der Waals surface area contributed by atoms with Crippen LogP contribution in [0.25, 0.3) is 10.2 Å². The third-order valence-electron chi connectivity index (χ3n) is 3.72. The molecule has 2 amide bonds. The number of anilines is 1. The molecular formula is C19H18ClN3O3S. The number of ether oxygens (including phenoxy) is 1. The van der Waals surface area contributed by atoms with E-state index in [4.69, 9.17) is 16.3 Å². The molecule has 8 heteroatoms. The SMILES string of the molecule is CN(CC(=O)Nc1ccc(Cl)cc1)C(=O)COCc1nc2ccccc2s1. The lowest BCUT2D eigenvalue weighted by molar-refractivity contribution is -0.137. The number of thiazole rings is 1. The number of nitrogens with one attached hydrogen (secondary N) is 1. The Kier molecular flexibility index (Phi) is 6.39. The molecular weight excluding hydrogens is 386 g/mol. The lowest BCUT2D eigenvalue weighted by Crippen LogP contribution is -2.37. The number of fused-ring (bicyclic) bond motifs is 1. The summed E-state index contributed by atoms with van der Waals surface area (Å²) in [6.07, 6.45) is 0. The molecule has 0 aliphatic carbocycles. The zero-order chi connectivity index (χ0) is 19.2. The number of amides is 2. The summed E-state index contributed by atoms with van der Waals surface area (Å²) in [7, 11) is 1.56. The van der Waals surface area contributed by atoms with Gasteiger partial charge >= 0.3 is 0 Å². The van der Waals surface area contributed by atoms with Crippen molar-refractivity contribution in [3.8, 4) is 0 Å². The van der Waals surface area contributed by atoms with Crippen LogP contribution >= 0.6 is 22.9 Å². The van der Waals surface area contributed by atoms with Gasteiger partial charge in [-0.3, -0.25) is 9.59 Å². The fraction of sp³-hybridized carbons (Fsp3) is 0.211. The zero-order valence-corrected chi connectivity index (χ0v) is 16.2. The molecule has 0 aliphatic heterocycles. The molecule has 1 aromatic heterocycles. The van der Waals surface area contributed by atoms with Crippen LogP contribution in [-0.4, -0.2) is 41.9 Å². The molecule has 0 fully saturated rings. The number of hydrogen-bond acceptors (Lipinski definition) is 5. The van der Waals surface area contributed by atoms with Gasteiger partial charge in [0.15, 0.2) is 0 Å². The Balaban J connectivity index is 1.43. The van der Waals surface area contributed by atoms with Gasteiger partial charge in [-0.2, -0.15) is 0 Å². The lowest BCUT2D eigenvalue weighted by atomic mass is 10.3. The third kappa shape index (κ3) is 5.50. The maximum absolute atomic E-state index is 12.1. The minimum atomic E-state index is -0.292. The van der Waals surface area contributed by atoms with Crippen LogP contribution in [0.2, 0.25) is 5.02 Å². The Bertz CT molecular complexity index is 910. The second-order valence-corrected chi connectivity index (χ2v) is 7.42. The van der Waals surface area contributed by atoms with E-state index in [1.165, 1.54) is 16.2 Å². The molecule has 0 bridgehead atoms. The quantitative estimate of drug-likeness (QED) is 0.654. The van der Waals surface area contributed by atoms with Crippen molar-refractivity contribution in [2.75, 3.05) is 25.5 Å². The Morgan fingerprint density at radius 1 is 1.19 bits per heavy atom. The van der Waals surface area contributed by atoms with Crippen LogP contribution in [0.15, 0.2) is 48.5 Å². The molecule has 6 nitrogen and oxygen atoms in total. The van der Waals surface area contributed by atoms with E-state index in [9.17, 15) is 9.59 Å². The van der Waals surface area contributed by atoms with E-state index in [0.717, 1.165) is 15.2 Å². The monoisotopic (exact) mass is 403 g/mol. The number of carbonyl (C=O) groups is 2. The zero-order valence-electron chi connectivity index (χ0n) is 14.6. The van der Waals surface area contributed by atoms with Crippen molar-refractivity contribution in [1.29, 1.82) is 0 Å². The molecule has 0 aliphatic rings. The van der Waals surface area contributed by atoms with Crippen LogP contribution < -0.4 is 5.32 Å². The number of nitrogens with zero attached hydrogens (tertiary/aromatic N) is 2. The van der Waals surface area contributed by atoms with Crippen LogP contribution in [-0.2, 0) is 20.9 Å². The average molecular weight is 404 g/mol. The van der Waals surface area contributed by atoms with Crippen molar-refractivity contribution in [2.45, 2.75) is 6.61 Å². The molecule has 3 rings (SSSR count). The third-order valence-corrected chi connectivity index (χ3v) is 4.99. The topological polar surface area (TPSA) is 71.5 Å². The van der Waals surface area contributed by atoms with Crippen molar-refractivity contribution in [2.24, 2.45) is 0 Å². The van der Waals surface area contributed by atoms with E-state index in [1.807, 2.05) is 24.3 Å². The first-order valence-electron chi connectivity index (χ1n) is 8.23. The predicted octanol–water partition coefficient (Wildman–Crippen LogP) is 3.56. The standard InChI is InChI=1S/C19H18ClN3O3S/c1-23(10-17(24)21-14-8-6-13(20)7-9-14)19(25)12-26-11-18-22-15-4-2-3-5-16(15)27-18/h2-9H,10-12H2,1H3,(H,21,24). The molecule has 140 valence electrons. The van der Waals surface area contributed by atoms with E-state index in [0.29, 0.717) is 10.7 Å². The van der Waals surface area contributed by atoms with E-state index in [2.05, 4.69) is 10.3 Å². The Hall–Kier alpha value is -2.48. The normalized spacial score (nSPS) is 10.7. The Morgan fingerprint density at radius 2 is 1.93 bits per heavy atom. The number of carbonyl (C=O) groups excluding carboxylic acids is 2. The summed E-state index contributed by atoms with van der Waals surface area (Å²) in [5.41, 5.74) is 1.54. The molecule has 0 atom stereocenters. The number of benzene rings is 2. The first kappa shape index (κ1) is 19.3. The fourth-order valence-corrected chi connectivity index (χ4v) is 3.39. The van der Waals surface area contributed by atoms with Crippen LogP contribution in [0.4, 0.5) is 5.69 Å². The summed E-state index contributed by atoms with van der Waals surface area (Å²) < 4.78 is 6.54. The molecule has 2 aromatic carbocycles. The summed E-state index contributed by atoms with van der Waals surface area (Å²) in [6.45, 7) is 0.0858. The van der Waals surface area contributed by atoms with Crippen LogP contribution in [0.1, 0.15) is 5.01 Å². The highest BCUT2D eigenvalue weighted by atomic mass is 35.5. The van der Waals surface area contributed by atoms with Gasteiger partial charge in [0.1, 0.15) is 11.6 Å². The van der Waals surface area contributed by atoms with E-state index >= 15 is 0 Å². The summed E-state index contributed by atoms with van der Waals surface area (Å²) in [5.74, 6) is -0.568. The van der Waals surface area contributed by atoms with Gasteiger partial charge in [-0.25, -0.2) is 4.98 Å². The molecule has 1 heterocycles. The average Bonchev–Trinajstić information content (AvgIpc) is 3.06. The van der Waals surface area contributed by atoms with Gasteiger partial charge in [-0.05, 0) is 36.4 Å².